The number of carbonyl (C=O) groups is 6. The summed E-state index contributed by atoms with van der Waals surface area (Å²) < 4.78 is 58.8. The van der Waals surface area contributed by atoms with Gasteiger partial charge in [0.2, 0.25) is 55.5 Å². The van der Waals surface area contributed by atoms with Crippen molar-refractivity contribution < 1.29 is 45.6 Å². The molecule has 0 radical (unpaired) electrons. The average Bonchev–Trinajstić information content (AvgIpc) is 4.32. The van der Waals surface area contributed by atoms with Gasteiger partial charge in [0.05, 0.1) is 29.6 Å². The average molecular weight is 1160 g/mol. The maximum atomic E-state index is 14.6. The van der Waals surface area contributed by atoms with Crippen molar-refractivity contribution in [2.45, 2.75) is 139 Å². The Bertz CT molecular complexity index is 3010. The van der Waals surface area contributed by atoms with Crippen LogP contribution in [0, 0.1) is 0 Å². The summed E-state index contributed by atoms with van der Waals surface area (Å²) in [6.45, 7) is 2.87. The van der Waals surface area contributed by atoms with Gasteiger partial charge in [-0.05, 0) is 100 Å². The summed E-state index contributed by atoms with van der Waals surface area (Å²) in [7, 11) is -6.26. The van der Waals surface area contributed by atoms with Crippen molar-refractivity contribution in [1.82, 2.24) is 45.0 Å². The molecule has 82 heavy (non-hydrogen) atoms. The van der Waals surface area contributed by atoms with Gasteiger partial charge in [-0.1, -0.05) is 140 Å². The number of nitrogens with zero attached hydrogens (tertiary/aromatic N) is 4. The third-order valence-corrected chi connectivity index (χ3v) is 20.2. The number of hydrogen-bond acceptors (Lipinski definition) is 11. The van der Waals surface area contributed by atoms with Gasteiger partial charge >= 0.3 is 0 Å². The molecule has 4 aliphatic heterocycles. The number of unbranched alkanes of at least 4 members (excludes halogenated alkanes) is 2. The molecule has 4 aliphatic rings. The largest absolute Gasteiger partial charge is 0.343 e. The zero-order valence-electron chi connectivity index (χ0n) is 47.1. The molecule has 4 aromatic rings. The van der Waals surface area contributed by atoms with Crippen LogP contribution in [0.3, 0.4) is 0 Å². The zero-order valence-corrected chi connectivity index (χ0v) is 48.7. The predicted octanol–water partition coefficient (Wildman–Crippen LogP) is 4.69. The summed E-state index contributed by atoms with van der Waals surface area (Å²) >= 11 is 0. The smallest absolute Gasteiger partial charge is 0.247 e. The molecule has 4 heterocycles. The number of amides is 6. The van der Waals surface area contributed by atoms with E-state index in [0.717, 1.165) is 22.3 Å². The molecule has 8 rings (SSSR count). The van der Waals surface area contributed by atoms with Crippen molar-refractivity contribution in [3.8, 4) is 0 Å². The minimum atomic E-state index is -3.94. The van der Waals surface area contributed by atoms with Gasteiger partial charge in [-0.15, -0.1) is 0 Å². The SMILES string of the molecule is CCC(=O)N[C@H]1CN(S(=O)(=O)CCC/C=C/CCCS(=O)(=O)N2CC[C@H]3CC[C@@H](C(=O)NC(c4ccccc4)c4ccccc4)N3C(=O)[C@@H](NC(=O)[C@H](C)NC)C2)CC[C@H]2CCC(C(=O)NC(c3ccccc3)c3ccccc3)N2C1=O. The van der Waals surface area contributed by atoms with Gasteiger partial charge < -0.3 is 36.4 Å². The highest BCUT2D eigenvalue weighted by Crippen LogP contribution is 2.34. The van der Waals surface area contributed by atoms with E-state index in [-0.39, 0.29) is 68.8 Å². The number of hydrogen-bond donors (Lipinski definition) is 5. The quantitative estimate of drug-likeness (QED) is 0.0504. The third-order valence-electron chi connectivity index (χ3n) is 16.3. The maximum Gasteiger partial charge on any atom is 0.247 e. The fraction of sp³-hybridized carbons (Fsp3) is 0.475. The number of sulfonamides is 2. The number of carbonyl (C=O) groups excluding carboxylic acids is 6. The summed E-state index contributed by atoms with van der Waals surface area (Å²) in [5.41, 5.74) is 3.50. The number of allylic oxidation sites excluding steroid dienone is 2. The number of benzene rings is 4. The molecule has 7 atom stereocenters. The van der Waals surface area contributed by atoms with Gasteiger partial charge in [0, 0.05) is 44.7 Å². The predicted molar refractivity (Wildman–Crippen MR) is 313 cm³/mol. The lowest BCUT2D eigenvalue weighted by atomic mass is 9.98. The topological polar surface area (TPSA) is 244 Å². The Kier molecular flexibility index (Phi) is 21.3. The van der Waals surface area contributed by atoms with E-state index in [9.17, 15) is 45.6 Å². The molecule has 19 nitrogen and oxygen atoms in total. The van der Waals surface area contributed by atoms with Crippen LogP contribution < -0.4 is 26.6 Å². The lowest BCUT2D eigenvalue weighted by molar-refractivity contribution is -0.144. The molecule has 0 bridgehead atoms. The third kappa shape index (κ3) is 15.3. The van der Waals surface area contributed by atoms with Crippen molar-refractivity contribution in [3.63, 3.8) is 0 Å². The van der Waals surface area contributed by atoms with Crippen molar-refractivity contribution in [3.05, 3.63) is 156 Å². The molecule has 4 aromatic carbocycles. The Morgan fingerprint density at radius 2 is 0.915 bits per heavy atom. The Morgan fingerprint density at radius 3 is 1.27 bits per heavy atom. The minimum absolute atomic E-state index is 0.0725. The summed E-state index contributed by atoms with van der Waals surface area (Å²) in [6.07, 6.45) is 7.27. The lowest BCUT2D eigenvalue weighted by Crippen LogP contribution is -2.62. The first kappa shape index (κ1) is 61.3. The number of rotatable bonds is 23. The zero-order chi connectivity index (χ0) is 58.4. The molecule has 1 unspecified atom stereocenters. The van der Waals surface area contributed by atoms with Crippen LogP contribution in [0.1, 0.15) is 119 Å². The summed E-state index contributed by atoms with van der Waals surface area (Å²) in [4.78, 5) is 87.0. The molecule has 440 valence electrons. The van der Waals surface area contributed by atoms with Crippen molar-refractivity contribution in [2.75, 3.05) is 44.7 Å². The van der Waals surface area contributed by atoms with E-state index in [4.69, 9.17) is 0 Å². The van der Waals surface area contributed by atoms with Crippen molar-refractivity contribution in [2.24, 2.45) is 0 Å². The molecule has 5 N–H and O–H groups in total. The van der Waals surface area contributed by atoms with E-state index in [0.29, 0.717) is 51.4 Å². The van der Waals surface area contributed by atoms with E-state index in [2.05, 4.69) is 26.6 Å². The molecule has 4 fully saturated rings. The summed E-state index contributed by atoms with van der Waals surface area (Å²) in [6, 6.07) is 31.6. The second-order valence-corrected chi connectivity index (χ2v) is 25.9. The normalized spacial score (nSPS) is 22.4. The Labute approximate surface area is 483 Å². The van der Waals surface area contributed by atoms with Crippen LogP contribution in [0.4, 0.5) is 0 Å². The van der Waals surface area contributed by atoms with Gasteiger partial charge in [0.1, 0.15) is 24.2 Å². The minimum Gasteiger partial charge on any atom is -0.343 e. The number of fused-ring (bicyclic) bond motifs is 2. The second-order valence-electron chi connectivity index (χ2n) is 21.7. The monoisotopic (exact) mass is 1160 g/mol. The van der Waals surface area contributed by atoms with Gasteiger partial charge in [0.15, 0.2) is 0 Å². The molecule has 0 saturated carbocycles. The maximum absolute atomic E-state index is 14.6. The summed E-state index contributed by atoms with van der Waals surface area (Å²) in [5, 5.41) is 14.8. The molecule has 4 saturated heterocycles. The van der Waals surface area contributed by atoms with Gasteiger partial charge in [0.25, 0.3) is 0 Å². The molecule has 6 amide bonds. The molecule has 0 aromatic heterocycles. The number of nitrogens with one attached hydrogen (secondary N) is 5. The molecular weight excluding hydrogens is 1080 g/mol. The van der Waals surface area contributed by atoms with Gasteiger partial charge in [-0.2, -0.15) is 8.61 Å². The van der Waals surface area contributed by atoms with E-state index < -0.39 is 98.1 Å². The lowest BCUT2D eigenvalue weighted by Gasteiger charge is -2.38. The first-order valence-electron chi connectivity index (χ1n) is 28.8. The van der Waals surface area contributed by atoms with Gasteiger partial charge in [-0.25, -0.2) is 16.8 Å². The Morgan fingerprint density at radius 1 is 0.549 bits per heavy atom. The molecule has 21 heteroatoms. The van der Waals surface area contributed by atoms with Crippen LogP contribution in [0.2, 0.25) is 0 Å². The summed E-state index contributed by atoms with van der Waals surface area (Å²) in [5.74, 6) is -3.05. The highest BCUT2D eigenvalue weighted by molar-refractivity contribution is 7.89. The van der Waals surface area contributed by atoms with Crippen LogP contribution in [-0.4, -0.2) is 158 Å². The van der Waals surface area contributed by atoms with E-state index in [1.807, 2.05) is 133 Å². The first-order chi connectivity index (χ1) is 39.5. The van der Waals surface area contributed by atoms with Crippen molar-refractivity contribution >= 4 is 55.5 Å². The van der Waals surface area contributed by atoms with Crippen LogP contribution in [0.15, 0.2) is 133 Å². The Hall–Kier alpha value is -6.78. The van der Waals surface area contributed by atoms with Crippen molar-refractivity contribution in [1.29, 1.82) is 0 Å². The van der Waals surface area contributed by atoms with E-state index in [1.54, 1.807) is 30.7 Å². The van der Waals surface area contributed by atoms with Crippen LogP contribution in [-0.2, 0) is 48.8 Å². The molecular formula is C61H79N9O10S2. The fourth-order valence-corrected chi connectivity index (χ4v) is 14.8. The Balaban J connectivity index is 0.848. The first-order valence-corrected chi connectivity index (χ1v) is 32.0. The van der Waals surface area contributed by atoms with Gasteiger partial charge in [-0.3, -0.25) is 28.8 Å². The van der Waals surface area contributed by atoms with Crippen LogP contribution >= 0.6 is 0 Å². The molecule has 0 aliphatic carbocycles. The highest BCUT2D eigenvalue weighted by atomic mass is 32.2. The molecule has 0 spiro atoms. The highest BCUT2D eigenvalue weighted by Gasteiger charge is 2.48. The standard InChI is InChI=1S/C61H79N9O10S2/c1-4-54(71)63-50-41-67(37-35-48-31-33-52(69(48)60(50)75)58(73)65-55(44-23-13-9-14-24-44)45-25-15-10-16-26-45)81(77,78)39-21-7-5-6-8-22-40-82(79,80)68-38-36-49-32-34-53(70(49)61(76)51(42-68)64-57(72)43(2)62-3)59(74)66-56(46-27-17-11-18-28-46)47-29-19-12-20-30-47/h5-6,9-20,23-30,43,48-53,55-56,62H,4,7-8,21-22,31-42H2,1-3H3,(H,63,71)(H,64,72)(H,65,73)(H,66,74)/b6-5+/t43-,48+,49+,50-,51-,52?,53-/m0/s1. The van der Waals surface area contributed by atoms with E-state index >= 15 is 0 Å². The second kappa shape index (κ2) is 28.5. The van der Waals surface area contributed by atoms with E-state index in [1.165, 1.54) is 8.61 Å². The fourth-order valence-electron chi connectivity index (χ4n) is 11.7. The van der Waals surface area contributed by atoms with Crippen LogP contribution in [0.25, 0.3) is 0 Å². The number of likely N-dealkylation sites (N-methyl/N-ethyl adjacent to an activating group) is 1. The van der Waals surface area contributed by atoms with Crippen LogP contribution in [0.5, 0.6) is 0 Å².